The molecule has 106 valence electrons. The molecule has 1 unspecified atom stereocenters. The van der Waals surface area contributed by atoms with E-state index in [1.54, 1.807) is 37.4 Å². The van der Waals surface area contributed by atoms with Crippen molar-refractivity contribution in [3.63, 3.8) is 0 Å². The molecule has 0 saturated carbocycles. The fourth-order valence-corrected chi connectivity index (χ4v) is 2.18. The average Bonchev–Trinajstić information content (AvgIpc) is 2.42. The van der Waals surface area contributed by atoms with E-state index in [9.17, 15) is 4.39 Å². The lowest BCUT2D eigenvalue weighted by Crippen LogP contribution is -2.08. The molecule has 1 atom stereocenters. The van der Waals surface area contributed by atoms with Crippen LogP contribution < -0.4 is 10.1 Å². The van der Waals surface area contributed by atoms with Crippen LogP contribution in [0.15, 0.2) is 36.4 Å². The summed E-state index contributed by atoms with van der Waals surface area (Å²) < 4.78 is 18.7. The monoisotopic (exact) mass is 313 g/mol. The van der Waals surface area contributed by atoms with E-state index in [1.807, 2.05) is 6.92 Å². The lowest BCUT2D eigenvalue weighted by Gasteiger charge is -2.18. The normalized spacial score (nSPS) is 12.1. The quantitative estimate of drug-likeness (QED) is 0.825. The van der Waals surface area contributed by atoms with Gasteiger partial charge in [-0.05, 0) is 42.8 Å². The molecule has 2 aromatic carbocycles. The van der Waals surface area contributed by atoms with E-state index in [1.165, 1.54) is 6.07 Å². The van der Waals surface area contributed by atoms with Gasteiger partial charge in [-0.1, -0.05) is 29.3 Å². The van der Waals surface area contributed by atoms with Crippen LogP contribution in [0.1, 0.15) is 18.5 Å². The molecule has 0 aliphatic carbocycles. The summed E-state index contributed by atoms with van der Waals surface area (Å²) in [4.78, 5) is 0. The number of halogens is 3. The third kappa shape index (κ3) is 3.35. The number of nitrogens with one attached hydrogen (secondary N) is 1. The Morgan fingerprint density at radius 1 is 1.15 bits per heavy atom. The van der Waals surface area contributed by atoms with E-state index in [4.69, 9.17) is 27.9 Å². The van der Waals surface area contributed by atoms with Crippen LogP contribution in [0.25, 0.3) is 0 Å². The van der Waals surface area contributed by atoms with E-state index in [-0.39, 0.29) is 11.1 Å². The van der Waals surface area contributed by atoms with Crippen LogP contribution >= 0.6 is 23.2 Å². The Labute approximate surface area is 127 Å². The van der Waals surface area contributed by atoms with E-state index >= 15 is 0 Å². The van der Waals surface area contributed by atoms with Crippen molar-refractivity contribution in [3.05, 3.63) is 57.8 Å². The predicted octanol–water partition coefficient (Wildman–Crippen LogP) is 5.31. The Hall–Kier alpha value is -1.45. The topological polar surface area (TPSA) is 21.3 Å². The van der Waals surface area contributed by atoms with Crippen LogP contribution in [0.4, 0.5) is 10.1 Å². The summed E-state index contributed by atoms with van der Waals surface area (Å²) in [6.07, 6.45) is 0. The van der Waals surface area contributed by atoms with Crippen molar-refractivity contribution in [2.75, 3.05) is 12.4 Å². The molecule has 0 bridgehead atoms. The van der Waals surface area contributed by atoms with Crippen molar-refractivity contribution < 1.29 is 9.13 Å². The van der Waals surface area contributed by atoms with Crippen LogP contribution in [0.5, 0.6) is 5.75 Å². The van der Waals surface area contributed by atoms with Gasteiger partial charge in [0.15, 0.2) is 0 Å². The second-order valence-corrected chi connectivity index (χ2v) is 5.23. The highest BCUT2D eigenvalue weighted by molar-refractivity contribution is 6.31. The summed E-state index contributed by atoms with van der Waals surface area (Å²) in [5.41, 5.74) is 1.54. The maximum atomic E-state index is 13.5. The highest BCUT2D eigenvalue weighted by Crippen LogP contribution is 2.31. The first-order chi connectivity index (χ1) is 9.51. The number of benzene rings is 2. The van der Waals surface area contributed by atoms with Gasteiger partial charge in [0, 0.05) is 11.1 Å². The molecule has 2 aromatic rings. The standard InChI is InChI=1S/C15H14Cl2FNO/c1-9(10-3-5-12(17)13(18)7-10)19-14-8-11(16)4-6-15(14)20-2/h3-9,19H,1-2H3. The minimum atomic E-state index is -0.434. The fourth-order valence-electron chi connectivity index (χ4n) is 1.89. The zero-order valence-electron chi connectivity index (χ0n) is 11.1. The smallest absolute Gasteiger partial charge is 0.142 e. The summed E-state index contributed by atoms with van der Waals surface area (Å²) in [5, 5.41) is 3.96. The van der Waals surface area contributed by atoms with Gasteiger partial charge < -0.3 is 10.1 Å². The SMILES string of the molecule is COc1ccc(Cl)cc1NC(C)c1ccc(Cl)c(F)c1. The third-order valence-corrected chi connectivity index (χ3v) is 3.52. The Balaban J connectivity index is 2.24. The molecule has 0 aliphatic rings. The van der Waals surface area contributed by atoms with Crippen molar-refractivity contribution in [2.24, 2.45) is 0 Å². The zero-order valence-corrected chi connectivity index (χ0v) is 12.6. The Bertz CT molecular complexity index is 619. The molecule has 0 saturated heterocycles. The molecule has 0 aliphatic heterocycles. The molecule has 0 heterocycles. The van der Waals surface area contributed by atoms with Gasteiger partial charge in [0.05, 0.1) is 17.8 Å². The molecule has 0 fully saturated rings. The molecular weight excluding hydrogens is 300 g/mol. The molecule has 0 radical (unpaired) electrons. The lowest BCUT2D eigenvalue weighted by atomic mass is 10.1. The van der Waals surface area contributed by atoms with Crippen LogP contribution in [0, 0.1) is 5.82 Å². The molecule has 0 amide bonds. The van der Waals surface area contributed by atoms with Crippen molar-refractivity contribution >= 4 is 28.9 Å². The first-order valence-electron chi connectivity index (χ1n) is 6.06. The van der Waals surface area contributed by atoms with Crippen LogP contribution in [-0.4, -0.2) is 7.11 Å². The van der Waals surface area contributed by atoms with Crippen LogP contribution in [0.3, 0.4) is 0 Å². The average molecular weight is 314 g/mol. The lowest BCUT2D eigenvalue weighted by molar-refractivity contribution is 0.416. The molecule has 0 spiro atoms. The first kappa shape index (κ1) is 14.9. The molecule has 1 N–H and O–H groups in total. The minimum Gasteiger partial charge on any atom is -0.495 e. The van der Waals surface area contributed by atoms with E-state index in [0.717, 1.165) is 11.3 Å². The summed E-state index contributed by atoms with van der Waals surface area (Å²) in [7, 11) is 1.58. The van der Waals surface area contributed by atoms with Gasteiger partial charge in [0.1, 0.15) is 11.6 Å². The largest absolute Gasteiger partial charge is 0.495 e. The predicted molar refractivity (Wildman–Crippen MR) is 81.5 cm³/mol. The highest BCUT2D eigenvalue weighted by atomic mass is 35.5. The maximum Gasteiger partial charge on any atom is 0.142 e. The molecule has 0 aromatic heterocycles. The van der Waals surface area contributed by atoms with Gasteiger partial charge in [-0.3, -0.25) is 0 Å². The highest BCUT2D eigenvalue weighted by Gasteiger charge is 2.11. The Kier molecular flexibility index (Phi) is 4.73. The number of methoxy groups -OCH3 is 1. The van der Waals surface area contributed by atoms with Crippen molar-refractivity contribution in [3.8, 4) is 5.75 Å². The van der Waals surface area contributed by atoms with Crippen LogP contribution in [0.2, 0.25) is 10.0 Å². The fraction of sp³-hybridized carbons (Fsp3) is 0.200. The molecular formula is C15H14Cl2FNO. The second kappa shape index (κ2) is 6.33. The number of hydrogen-bond donors (Lipinski definition) is 1. The number of rotatable bonds is 4. The van der Waals surface area contributed by atoms with Gasteiger partial charge in [0.2, 0.25) is 0 Å². The van der Waals surface area contributed by atoms with Gasteiger partial charge in [-0.25, -0.2) is 4.39 Å². The molecule has 20 heavy (non-hydrogen) atoms. The van der Waals surface area contributed by atoms with Crippen molar-refractivity contribution in [1.29, 1.82) is 0 Å². The van der Waals surface area contributed by atoms with Gasteiger partial charge in [-0.2, -0.15) is 0 Å². The van der Waals surface area contributed by atoms with Crippen molar-refractivity contribution in [1.82, 2.24) is 0 Å². The molecule has 2 rings (SSSR count). The Morgan fingerprint density at radius 2 is 1.90 bits per heavy atom. The number of anilines is 1. The zero-order chi connectivity index (χ0) is 14.7. The summed E-state index contributed by atoms with van der Waals surface area (Å²) in [6.45, 7) is 1.92. The summed E-state index contributed by atoms with van der Waals surface area (Å²) >= 11 is 11.7. The summed E-state index contributed by atoms with van der Waals surface area (Å²) in [6, 6.07) is 9.91. The molecule has 2 nitrogen and oxygen atoms in total. The maximum absolute atomic E-state index is 13.5. The number of hydrogen-bond acceptors (Lipinski definition) is 2. The van der Waals surface area contributed by atoms with Gasteiger partial charge >= 0.3 is 0 Å². The van der Waals surface area contributed by atoms with Gasteiger partial charge in [0.25, 0.3) is 0 Å². The van der Waals surface area contributed by atoms with E-state index < -0.39 is 5.82 Å². The minimum absolute atomic E-state index is 0.112. The van der Waals surface area contributed by atoms with E-state index in [2.05, 4.69) is 5.32 Å². The summed E-state index contributed by atoms with van der Waals surface area (Å²) in [5.74, 6) is 0.242. The Morgan fingerprint density at radius 3 is 2.55 bits per heavy atom. The first-order valence-corrected chi connectivity index (χ1v) is 6.82. The van der Waals surface area contributed by atoms with Crippen molar-refractivity contribution in [2.45, 2.75) is 13.0 Å². The number of ether oxygens (including phenoxy) is 1. The van der Waals surface area contributed by atoms with E-state index in [0.29, 0.717) is 10.8 Å². The third-order valence-electron chi connectivity index (χ3n) is 2.98. The molecule has 5 heteroatoms. The second-order valence-electron chi connectivity index (χ2n) is 4.38. The van der Waals surface area contributed by atoms with Gasteiger partial charge in [-0.15, -0.1) is 0 Å². The van der Waals surface area contributed by atoms with Crippen LogP contribution in [-0.2, 0) is 0 Å².